The summed E-state index contributed by atoms with van der Waals surface area (Å²) in [4.78, 5) is 31.8. The summed E-state index contributed by atoms with van der Waals surface area (Å²) in [6.07, 6.45) is 4.79. The van der Waals surface area contributed by atoms with Gasteiger partial charge in [0.15, 0.2) is 0 Å². The highest BCUT2D eigenvalue weighted by molar-refractivity contribution is 5.94. The third-order valence-corrected chi connectivity index (χ3v) is 4.57. The molecule has 122 valence electrons. The van der Waals surface area contributed by atoms with E-state index in [1.54, 1.807) is 28.8 Å². The second-order valence-electron chi connectivity index (χ2n) is 5.99. The zero-order chi connectivity index (χ0) is 16.7. The normalized spacial score (nSPS) is 17.5. The zero-order valence-electron chi connectivity index (χ0n) is 13.3. The van der Waals surface area contributed by atoms with Crippen LogP contribution in [0.15, 0.2) is 41.5 Å². The summed E-state index contributed by atoms with van der Waals surface area (Å²) in [5, 5.41) is 7.10. The molecule has 0 bridgehead atoms. The van der Waals surface area contributed by atoms with E-state index in [9.17, 15) is 9.59 Å². The molecule has 0 radical (unpaired) electrons. The fraction of sp³-hybridized carbons (Fsp3) is 0.294. The largest absolute Gasteiger partial charge is 0.328 e. The molecule has 1 atom stereocenters. The molecule has 24 heavy (non-hydrogen) atoms. The van der Waals surface area contributed by atoms with Crippen molar-refractivity contribution in [3.05, 3.63) is 58.4 Å². The van der Waals surface area contributed by atoms with Crippen molar-refractivity contribution >= 4 is 16.8 Å². The van der Waals surface area contributed by atoms with Crippen LogP contribution in [-0.4, -0.2) is 37.1 Å². The number of hydrogen-bond acceptors (Lipinski definition) is 4. The molecule has 7 nitrogen and oxygen atoms in total. The van der Waals surface area contributed by atoms with Crippen molar-refractivity contribution in [2.45, 2.75) is 18.9 Å². The Morgan fingerprint density at radius 2 is 2.17 bits per heavy atom. The van der Waals surface area contributed by atoms with Gasteiger partial charge < -0.3 is 4.90 Å². The molecule has 1 N–H and O–H groups in total. The van der Waals surface area contributed by atoms with Crippen LogP contribution in [-0.2, 0) is 7.05 Å². The van der Waals surface area contributed by atoms with Crippen LogP contribution in [0.1, 0.15) is 35.1 Å². The number of aromatic amines is 1. The first-order valence-electron chi connectivity index (χ1n) is 7.92. The van der Waals surface area contributed by atoms with Crippen LogP contribution in [0, 0.1) is 0 Å². The number of nitrogens with zero attached hydrogens (tertiary/aromatic N) is 4. The molecule has 2 aromatic heterocycles. The molecule has 0 spiro atoms. The number of rotatable bonds is 2. The lowest BCUT2D eigenvalue weighted by Crippen LogP contribution is -2.34. The number of benzene rings is 1. The molecule has 3 aromatic rings. The van der Waals surface area contributed by atoms with Crippen molar-refractivity contribution in [2.75, 3.05) is 6.54 Å². The molecule has 3 heterocycles. The molecule has 1 aromatic carbocycles. The average molecular weight is 323 g/mol. The van der Waals surface area contributed by atoms with E-state index in [0.717, 1.165) is 12.8 Å². The zero-order valence-corrected chi connectivity index (χ0v) is 13.3. The van der Waals surface area contributed by atoms with Gasteiger partial charge in [-0.2, -0.15) is 5.10 Å². The van der Waals surface area contributed by atoms with E-state index in [4.69, 9.17) is 0 Å². The molecule has 0 saturated carbocycles. The lowest BCUT2D eigenvalue weighted by Gasteiger charge is -2.25. The Hall–Kier alpha value is -2.96. The highest BCUT2D eigenvalue weighted by atomic mass is 16.2. The Kier molecular flexibility index (Phi) is 3.41. The van der Waals surface area contributed by atoms with E-state index in [2.05, 4.69) is 15.2 Å². The maximum Gasteiger partial charge on any atom is 0.261 e. The van der Waals surface area contributed by atoms with Crippen molar-refractivity contribution in [1.82, 2.24) is 24.6 Å². The molecular formula is C17H17N5O2. The predicted molar refractivity (Wildman–Crippen MR) is 88.6 cm³/mol. The summed E-state index contributed by atoms with van der Waals surface area (Å²) < 4.78 is 1.56. The van der Waals surface area contributed by atoms with Gasteiger partial charge in [0.2, 0.25) is 0 Å². The second-order valence-corrected chi connectivity index (χ2v) is 5.99. The van der Waals surface area contributed by atoms with Gasteiger partial charge in [-0.1, -0.05) is 12.1 Å². The molecule has 7 heteroatoms. The average Bonchev–Trinajstić information content (AvgIpc) is 3.29. The van der Waals surface area contributed by atoms with E-state index < -0.39 is 0 Å². The minimum atomic E-state index is -0.199. The maximum atomic E-state index is 12.7. The third kappa shape index (κ3) is 2.20. The van der Waals surface area contributed by atoms with Gasteiger partial charge in [0.1, 0.15) is 5.82 Å². The van der Waals surface area contributed by atoms with Gasteiger partial charge >= 0.3 is 0 Å². The first-order chi connectivity index (χ1) is 11.7. The van der Waals surface area contributed by atoms with Crippen molar-refractivity contribution in [3.8, 4) is 0 Å². The molecule has 1 amide bonds. The van der Waals surface area contributed by atoms with Gasteiger partial charge in [-0.3, -0.25) is 19.3 Å². The summed E-state index contributed by atoms with van der Waals surface area (Å²) in [7, 11) is 1.72. The summed E-state index contributed by atoms with van der Waals surface area (Å²) in [5.74, 6) is 0.543. The quantitative estimate of drug-likeness (QED) is 0.777. The molecule has 0 aliphatic carbocycles. The third-order valence-electron chi connectivity index (χ3n) is 4.57. The number of nitrogens with one attached hydrogen (secondary N) is 1. The standard InChI is InChI=1S/C17H17N5O2/c1-21-15(20-13-6-3-2-5-12(13)17(21)24)14-7-4-8-22(14)16(23)11-9-18-19-10-11/h2-3,5-6,9-10,14H,4,7-8H2,1H3,(H,18,19). The molecule has 1 aliphatic rings. The Morgan fingerprint density at radius 3 is 2.96 bits per heavy atom. The maximum absolute atomic E-state index is 12.7. The predicted octanol–water partition coefficient (Wildman–Crippen LogP) is 1.63. The van der Waals surface area contributed by atoms with E-state index in [1.807, 2.05) is 18.2 Å². The summed E-state index contributed by atoms with van der Waals surface area (Å²) in [6.45, 7) is 0.650. The van der Waals surface area contributed by atoms with E-state index in [0.29, 0.717) is 28.8 Å². The van der Waals surface area contributed by atoms with Gasteiger partial charge in [0, 0.05) is 19.8 Å². The molecular weight excluding hydrogens is 306 g/mol. The highest BCUT2D eigenvalue weighted by Crippen LogP contribution is 2.32. The number of H-pyrrole nitrogens is 1. The van der Waals surface area contributed by atoms with Crippen LogP contribution in [0.3, 0.4) is 0 Å². The SMILES string of the molecule is Cn1c(C2CCCN2C(=O)c2cn[nH]c2)nc2ccccc2c1=O. The van der Waals surface area contributed by atoms with Crippen LogP contribution >= 0.6 is 0 Å². The van der Waals surface area contributed by atoms with Crippen LogP contribution in [0.5, 0.6) is 0 Å². The van der Waals surface area contributed by atoms with E-state index >= 15 is 0 Å². The molecule has 1 fully saturated rings. The van der Waals surface area contributed by atoms with Crippen molar-refractivity contribution in [1.29, 1.82) is 0 Å². The summed E-state index contributed by atoms with van der Waals surface area (Å²) in [6, 6.07) is 7.10. The molecule has 4 rings (SSSR count). The summed E-state index contributed by atoms with van der Waals surface area (Å²) >= 11 is 0. The van der Waals surface area contributed by atoms with Crippen LogP contribution in [0.25, 0.3) is 10.9 Å². The van der Waals surface area contributed by atoms with Gasteiger partial charge in [0.25, 0.3) is 11.5 Å². The van der Waals surface area contributed by atoms with E-state index in [1.165, 1.54) is 6.20 Å². The minimum absolute atomic E-state index is 0.0850. The van der Waals surface area contributed by atoms with Gasteiger partial charge in [-0.05, 0) is 25.0 Å². The highest BCUT2D eigenvalue weighted by Gasteiger charge is 2.33. The van der Waals surface area contributed by atoms with Gasteiger partial charge in [-0.25, -0.2) is 4.98 Å². The molecule has 1 aliphatic heterocycles. The second kappa shape index (κ2) is 5.59. The van der Waals surface area contributed by atoms with Crippen molar-refractivity contribution in [3.63, 3.8) is 0 Å². The van der Waals surface area contributed by atoms with Crippen molar-refractivity contribution in [2.24, 2.45) is 7.05 Å². The smallest absolute Gasteiger partial charge is 0.261 e. The summed E-state index contributed by atoms with van der Waals surface area (Å²) in [5.41, 5.74) is 1.10. The van der Waals surface area contributed by atoms with Gasteiger partial charge in [0.05, 0.1) is 28.7 Å². The number of hydrogen-bond donors (Lipinski definition) is 1. The Balaban J connectivity index is 1.80. The van der Waals surface area contributed by atoms with Crippen LogP contribution < -0.4 is 5.56 Å². The number of fused-ring (bicyclic) bond motifs is 1. The number of amides is 1. The number of carbonyl (C=O) groups excluding carboxylic acids is 1. The van der Waals surface area contributed by atoms with Crippen LogP contribution in [0.4, 0.5) is 0 Å². The monoisotopic (exact) mass is 323 g/mol. The van der Waals surface area contributed by atoms with Crippen LogP contribution in [0.2, 0.25) is 0 Å². The molecule has 1 unspecified atom stereocenters. The number of likely N-dealkylation sites (tertiary alicyclic amines) is 1. The Bertz CT molecular complexity index is 961. The first kappa shape index (κ1) is 14.6. The first-order valence-corrected chi connectivity index (χ1v) is 7.92. The lowest BCUT2D eigenvalue weighted by molar-refractivity contribution is 0.0727. The van der Waals surface area contributed by atoms with E-state index in [-0.39, 0.29) is 17.5 Å². The lowest BCUT2D eigenvalue weighted by atomic mass is 10.1. The topological polar surface area (TPSA) is 83.9 Å². The number of aromatic nitrogens is 4. The Labute approximate surface area is 137 Å². The minimum Gasteiger partial charge on any atom is -0.328 e. The molecule has 1 saturated heterocycles. The fourth-order valence-electron chi connectivity index (χ4n) is 3.35. The van der Waals surface area contributed by atoms with Gasteiger partial charge in [-0.15, -0.1) is 0 Å². The Morgan fingerprint density at radius 1 is 1.33 bits per heavy atom. The fourth-order valence-corrected chi connectivity index (χ4v) is 3.35. The number of para-hydroxylation sites is 1. The van der Waals surface area contributed by atoms with Crippen molar-refractivity contribution < 1.29 is 4.79 Å². The number of carbonyl (C=O) groups is 1.